The van der Waals surface area contributed by atoms with Gasteiger partial charge in [-0.15, -0.1) is 24.0 Å². The number of halogens is 2. The maximum absolute atomic E-state index is 12.9. The van der Waals surface area contributed by atoms with Gasteiger partial charge in [-0.25, -0.2) is 14.4 Å². The number of benzene rings is 2. The van der Waals surface area contributed by atoms with Crippen molar-refractivity contribution in [3.63, 3.8) is 0 Å². The van der Waals surface area contributed by atoms with E-state index in [1.807, 2.05) is 24.3 Å². The second kappa shape index (κ2) is 10.0. The Bertz CT molecular complexity index is 944. The van der Waals surface area contributed by atoms with E-state index in [0.29, 0.717) is 24.1 Å². The van der Waals surface area contributed by atoms with Gasteiger partial charge in [0, 0.05) is 18.0 Å². The number of nitrogens with one attached hydrogen (secondary N) is 1. The molecule has 0 aliphatic heterocycles. The summed E-state index contributed by atoms with van der Waals surface area (Å²) in [7, 11) is 0. The fourth-order valence-corrected chi connectivity index (χ4v) is 2.37. The third-order valence-electron chi connectivity index (χ3n) is 4.04. The number of hydrogen-bond acceptors (Lipinski definition) is 3. The van der Waals surface area contributed by atoms with E-state index in [1.54, 1.807) is 24.4 Å². The summed E-state index contributed by atoms with van der Waals surface area (Å²) in [4.78, 5) is 8.56. The fourth-order valence-electron chi connectivity index (χ4n) is 2.37. The highest BCUT2D eigenvalue weighted by atomic mass is 127. The van der Waals surface area contributed by atoms with Gasteiger partial charge < -0.3 is 15.8 Å². The minimum absolute atomic E-state index is 0. The van der Waals surface area contributed by atoms with Crippen molar-refractivity contribution >= 4 is 35.6 Å². The molecule has 0 atom stereocenters. The van der Waals surface area contributed by atoms with Gasteiger partial charge in [-0.1, -0.05) is 12.1 Å². The number of guanidine groups is 1. The summed E-state index contributed by atoms with van der Waals surface area (Å²) in [6.45, 7) is 4.51. The van der Waals surface area contributed by atoms with Crippen LogP contribution in [0.15, 0.2) is 65.8 Å². The predicted molar refractivity (Wildman–Crippen MR) is 121 cm³/mol. The number of hydrogen-bond donors (Lipinski definition) is 2. The number of aliphatic imine (C=N–C) groups is 1. The van der Waals surface area contributed by atoms with Gasteiger partial charge in [0.05, 0.1) is 6.54 Å². The van der Waals surface area contributed by atoms with Crippen LogP contribution in [0.5, 0.6) is 11.6 Å². The standard InChI is InChI=1S/C21H21FN4O.HI/c1-14-3-7-18(11-15(14)2)26-21(23)25-13-16-4-10-20(24-12-16)27-19-8-5-17(22)6-9-19;/h3-12H,13H2,1-2H3,(H3,23,25,26);1H. The summed E-state index contributed by atoms with van der Waals surface area (Å²) in [5, 5.41) is 3.08. The third kappa shape index (κ3) is 6.19. The SMILES string of the molecule is Cc1ccc(NC(N)=NCc2ccc(Oc3ccc(F)cc3)nc2)cc1C.I. The largest absolute Gasteiger partial charge is 0.439 e. The number of ether oxygens (including phenoxy) is 1. The molecule has 0 bridgehead atoms. The Hall–Kier alpha value is -2.68. The average molecular weight is 492 g/mol. The van der Waals surface area contributed by atoms with E-state index < -0.39 is 0 Å². The molecule has 0 saturated heterocycles. The van der Waals surface area contributed by atoms with Gasteiger partial charge >= 0.3 is 0 Å². The second-order valence-electron chi connectivity index (χ2n) is 6.19. The lowest BCUT2D eigenvalue weighted by Gasteiger charge is -2.08. The minimum atomic E-state index is -0.310. The first kappa shape index (κ1) is 21.6. The lowest BCUT2D eigenvalue weighted by atomic mass is 10.1. The summed E-state index contributed by atoms with van der Waals surface area (Å²) in [6, 6.07) is 15.4. The van der Waals surface area contributed by atoms with E-state index >= 15 is 0 Å². The topological polar surface area (TPSA) is 72.5 Å². The van der Waals surface area contributed by atoms with Crippen molar-refractivity contribution in [2.24, 2.45) is 10.7 Å². The number of anilines is 1. The molecule has 0 fully saturated rings. The molecule has 0 aliphatic carbocycles. The lowest BCUT2D eigenvalue weighted by Crippen LogP contribution is -2.22. The van der Waals surface area contributed by atoms with Crippen LogP contribution in [0.4, 0.5) is 10.1 Å². The summed E-state index contributed by atoms with van der Waals surface area (Å²) in [6.07, 6.45) is 1.67. The molecule has 5 nitrogen and oxygen atoms in total. The van der Waals surface area contributed by atoms with E-state index in [4.69, 9.17) is 10.5 Å². The monoisotopic (exact) mass is 492 g/mol. The van der Waals surface area contributed by atoms with Crippen LogP contribution in [0, 0.1) is 19.7 Å². The van der Waals surface area contributed by atoms with Crippen molar-refractivity contribution < 1.29 is 9.13 Å². The highest BCUT2D eigenvalue weighted by molar-refractivity contribution is 14.0. The van der Waals surface area contributed by atoms with E-state index in [0.717, 1.165) is 11.3 Å². The molecule has 28 heavy (non-hydrogen) atoms. The predicted octanol–water partition coefficient (Wildman–Crippen LogP) is 5.17. The molecule has 2 aromatic carbocycles. The van der Waals surface area contributed by atoms with Gasteiger partial charge in [0.25, 0.3) is 0 Å². The molecule has 0 radical (unpaired) electrons. The molecule has 0 amide bonds. The first-order chi connectivity index (χ1) is 13.0. The normalized spacial score (nSPS) is 10.9. The van der Waals surface area contributed by atoms with Crippen LogP contribution < -0.4 is 15.8 Å². The van der Waals surface area contributed by atoms with Crippen molar-refractivity contribution in [3.05, 3.63) is 83.3 Å². The average Bonchev–Trinajstić information content (AvgIpc) is 2.66. The zero-order valence-corrected chi connectivity index (χ0v) is 18.0. The number of pyridine rings is 1. The number of aryl methyl sites for hydroxylation is 2. The van der Waals surface area contributed by atoms with Gasteiger partial charge in [0.1, 0.15) is 11.6 Å². The smallest absolute Gasteiger partial charge is 0.219 e. The first-order valence-electron chi connectivity index (χ1n) is 8.52. The maximum atomic E-state index is 12.9. The summed E-state index contributed by atoms with van der Waals surface area (Å²) in [5.74, 6) is 0.979. The first-order valence-corrected chi connectivity index (χ1v) is 8.52. The number of nitrogens with two attached hydrogens (primary N) is 1. The molecule has 0 aliphatic rings. The number of nitrogens with zero attached hydrogens (tertiary/aromatic N) is 2. The Labute approximate surface area is 180 Å². The molecular formula is C21H22FIN4O. The molecule has 146 valence electrons. The molecule has 0 saturated carbocycles. The highest BCUT2D eigenvalue weighted by Crippen LogP contribution is 2.19. The van der Waals surface area contributed by atoms with E-state index in [2.05, 4.69) is 29.1 Å². The van der Waals surface area contributed by atoms with E-state index in [1.165, 1.54) is 23.3 Å². The van der Waals surface area contributed by atoms with Crippen LogP contribution in [-0.2, 0) is 6.54 Å². The van der Waals surface area contributed by atoms with Gasteiger partial charge in [-0.2, -0.15) is 0 Å². The molecule has 3 aromatic rings. The molecule has 1 aromatic heterocycles. The van der Waals surface area contributed by atoms with Crippen molar-refractivity contribution in [2.75, 3.05) is 5.32 Å². The molecule has 7 heteroatoms. The van der Waals surface area contributed by atoms with Crippen molar-refractivity contribution in [2.45, 2.75) is 20.4 Å². The second-order valence-corrected chi connectivity index (χ2v) is 6.19. The lowest BCUT2D eigenvalue weighted by molar-refractivity contribution is 0.461. The Morgan fingerprint density at radius 2 is 1.82 bits per heavy atom. The molecule has 0 spiro atoms. The van der Waals surface area contributed by atoms with Crippen LogP contribution >= 0.6 is 24.0 Å². The van der Waals surface area contributed by atoms with E-state index in [9.17, 15) is 4.39 Å². The van der Waals surface area contributed by atoms with Crippen molar-refractivity contribution in [3.8, 4) is 11.6 Å². The van der Waals surface area contributed by atoms with Crippen LogP contribution in [0.1, 0.15) is 16.7 Å². The fraction of sp³-hybridized carbons (Fsp3) is 0.143. The molecule has 3 N–H and O–H groups in total. The minimum Gasteiger partial charge on any atom is -0.439 e. The summed E-state index contributed by atoms with van der Waals surface area (Å²) in [5.41, 5.74) is 10.2. The third-order valence-corrected chi connectivity index (χ3v) is 4.04. The Balaban J connectivity index is 0.00000280. The highest BCUT2D eigenvalue weighted by Gasteiger charge is 2.01. The zero-order chi connectivity index (χ0) is 19.2. The van der Waals surface area contributed by atoms with Gasteiger partial charge in [-0.3, -0.25) is 0 Å². The number of rotatable bonds is 5. The maximum Gasteiger partial charge on any atom is 0.219 e. The van der Waals surface area contributed by atoms with Crippen LogP contribution in [0.25, 0.3) is 0 Å². The van der Waals surface area contributed by atoms with Crippen molar-refractivity contribution in [1.82, 2.24) is 4.98 Å². The van der Waals surface area contributed by atoms with Crippen LogP contribution in [-0.4, -0.2) is 10.9 Å². The van der Waals surface area contributed by atoms with Gasteiger partial charge in [0.15, 0.2) is 5.96 Å². The summed E-state index contributed by atoms with van der Waals surface area (Å²) < 4.78 is 18.5. The van der Waals surface area contributed by atoms with Gasteiger partial charge in [0.2, 0.25) is 5.88 Å². The molecule has 0 unspecified atom stereocenters. The summed E-state index contributed by atoms with van der Waals surface area (Å²) >= 11 is 0. The van der Waals surface area contributed by atoms with E-state index in [-0.39, 0.29) is 29.8 Å². The zero-order valence-electron chi connectivity index (χ0n) is 15.6. The Kier molecular flexibility index (Phi) is 7.74. The van der Waals surface area contributed by atoms with Crippen LogP contribution in [0.2, 0.25) is 0 Å². The molecule has 1 heterocycles. The molecular weight excluding hydrogens is 470 g/mol. The quantitative estimate of drug-likeness (QED) is 0.293. The Morgan fingerprint density at radius 1 is 1.07 bits per heavy atom. The molecule has 3 rings (SSSR count). The van der Waals surface area contributed by atoms with Crippen molar-refractivity contribution in [1.29, 1.82) is 0 Å². The van der Waals surface area contributed by atoms with Crippen LogP contribution in [0.3, 0.4) is 0 Å². The Morgan fingerprint density at radius 3 is 2.46 bits per heavy atom. The number of aromatic nitrogens is 1. The van der Waals surface area contributed by atoms with Gasteiger partial charge in [-0.05, 0) is 66.9 Å².